The van der Waals surface area contributed by atoms with Crippen LogP contribution in [0.15, 0.2) is 30.5 Å². The second-order valence-electron chi connectivity index (χ2n) is 6.06. The van der Waals surface area contributed by atoms with Crippen LogP contribution in [0.3, 0.4) is 0 Å². The molecular weight excluding hydrogens is 288 g/mol. The van der Waals surface area contributed by atoms with Gasteiger partial charge in [-0.3, -0.25) is 4.98 Å². The van der Waals surface area contributed by atoms with Gasteiger partial charge in [0.1, 0.15) is 0 Å². The average Bonchev–Trinajstić information content (AvgIpc) is 2.62. The zero-order valence-electron chi connectivity index (χ0n) is 13.8. The standard InChI is InChI=1S/C19H24N2O2/c1-22-16-9-8-14(12-17(16)23-2)15-10-11-21-19(18(15)20)13-6-4-3-5-7-13/h8-13H,3-7,20H2,1-2H3. The number of hydrogen-bond donors (Lipinski definition) is 1. The molecule has 1 aliphatic carbocycles. The number of ether oxygens (including phenoxy) is 2. The Morgan fingerprint density at radius 1 is 1.00 bits per heavy atom. The molecule has 0 aliphatic heterocycles. The number of methoxy groups -OCH3 is 2. The zero-order valence-corrected chi connectivity index (χ0v) is 13.8. The van der Waals surface area contributed by atoms with Gasteiger partial charge in [0.2, 0.25) is 0 Å². The van der Waals surface area contributed by atoms with Crippen molar-refractivity contribution >= 4 is 5.69 Å². The molecule has 0 radical (unpaired) electrons. The number of nitrogens with two attached hydrogens (primary N) is 1. The van der Waals surface area contributed by atoms with Crippen molar-refractivity contribution in [3.63, 3.8) is 0 Å². The predicted octanol–water partition coefficient (Wildman–Crippen LogP) is 4.40. The first-order chi connectivity index (χ1) is 11.2. The summed E-state index contributed by atoms with van der Waals surface area (Å²) in [5, 5.41) is 0. The summed E-state index contributed by atoms with van der Waals surface area (Å²) in [6.07, 6.45) is 8.11. The second-order valence-corrected chi connectivity index (χ2v) is 6.06. The van der Waals surface area contributed by atoms with E-state index < -0.39 is 0 Å². The van der Waals surface area contributed by atoms with E-state index in [1.807, 2.05) is 30.5 Å². The first kappa shape index (κ1) is 15.7. The Kier molecular flexibility index (Phi) is 4.70. The van der Waals surface area contributed by atoms with Crippen LogP contribution in [0.1, 0.15) is 43.7 Å². The third-order valence-electron chi connectivity index (χ3n) is 4.71. The lowest BCUT2D eigenvalue weighted by Gasteiger charge is -2.23. The topological polar surface area (TPSA) is 57.4 Å². The van der Waals surface area contributed by atoms with Crippen LogP contribution >= 0.6 is 0 Å². The van der Waals surface area contributed by atoms with Gasteiger partial charge < -0.3 is 15.2 Å². The Balaban J connectivity index is 2.00. The van der Waals surface area contributed by atoms with Crippen LogP contribution in [0.25, 0.3) is 11.1 Å². The van der Waals surface area contributed by atoms with Gasteiger partial charge in [-0.1, -0.05) is 25.3 Å². The summed E-state index contributed by atoms with van der Waals surface area (Å²) in [4.78, 5) is 4.58. The minimum Gasteiger partial charge on any atom is -0.493 e. The highest BCUT2D eigenvalue weighted by Crippen LogP contribution is 2.39. The van der Waals surface area contributed by atoms with Crippen molar-refractivity contribution in [1.29, 1.82) is 0 Å². The Morgan fingerprint density at radius 2 is 1.74 bits per heavy atom. The Hall–Kier alpha value is -2.23. The molecule has 1 saturated carbocycles. The molecule has 1 heterocycles. The smallest absolute Gasteiger partial charge is 0.161 e. The van der Waals surface area contributed by atoms with E-state index in [9.17, 15) is 0 Å². The van der Waals surface area contributed by atoms with Crippen LogP contribution in [-0.2, 0) is 0 Å². The highest BCUT2D eigenvalue weighted by Gasteiger charge is 2.21. The molecule has 2 N–H and O–H groups in total. The molecule has 1 aromatic carbocycles. The maximum absolute atomic E-state index is 6.47. The molecule has 122 valence electrons. The van der Waals surface area contributed by atoms with Crippen molar-refractivity contribution in [2.75, 3.05) is 20.0 Å². The maximum Gasteiger partial charge on any atom is 0.161 e. The molecule has 1 aromatic heterocycles. The summed E-state index contributed by atoms with van der Waals surface area (Å²) in [5.74, 6) is 1.92. The quantitative estimate of drug-likeness (QED) is 0.909. The van der Waals surface area contributed by atoms with Gasteiger partial charge in [0, 0.05) is 17.7 Å². The molecule has 0 amide bonds. The lowest BCUT2D eigenvalue weighted by Crippen LogP contribution is -2.10. The van der Waals surface area contributed by atoms with E-state index >= 15 is 0 Å². The fourth-order valence-electron chi connectivity index (χ4n) is 3.45. The highest BCUT2D eigenvalue weighted by atomic mass is 16.5. The van der Waals surface area contributed by atoms with Crippen molar-refractivity contribution in [2.24, 2.45) is 0 Å². The Bertz CT molecular complexity index is 679. The van der Waals surface area contributed by atoms with Gasteiger partial charge in [0.25, 0.3) is 0 Å². The number of aromatic nitrogens is 1. The number of anilines is 1. The van der Waals surface area contributed by atoms with Crippen molar-refractivity contribution in [3.05, 3.63) is 36.2 Å². The van der Waals surface area contributed by atoms with Crippen LogP contribution in [-0.4, -0.2) is 19.2 Å². The van der Waals surface area contributed by atoms with E-state index in [0.29, 0.717) is 11.7 Å². The molecule has 0 atom stereocenters. The van der Waals surface area contributed by atoms with Gasteiger partial charge in [-0.15, -0.1) is 0 Å². The second kappa shape index (κ2) is 6.90. The normalized spacial score (nSPS) is 15.4. The number of rotatable bonds is 4. The molecule has 1 fully saturated rings. The summed E-state index contributed by atoms with van der Waals surface area (Å²) in [7, 11) is 3.28. The molecule has 1 aliphatic rings. The van der Waals surface area contributed by atoms with Gasteiger partial charge in [0.05, 0.1) is 25.6 Å². The van der Waals surface area contributed by atoms with Gasteiger partial charge in [-0.05, 0) is 36.6 Å². The molecule has 0 spiro atoms. The number of benzene rings is 1. The fraction of sp³-hybridized carbons (Fsp3) is 0.421. The molecule has 2 aromatic rings. The highest BCUT2D eigenvalue weighted by molar-refractivity contribution is 5.79. The van der Waals surface area contributed by atoms with E-state index in [4.69, 9.17) is 15.2 Å². The zero-order chi connectivity index (χ0) is 16.2. The van der Waals surface area contributed by atoms with Crippen molar-refractivity contribution < 1.29 is 9.47 Å². The van der Waals surface area contributed by atoms with Gasteiger partial charge >= 0.3 is 0 Å². The minimum absolute atomic E-state index is 0.490. The van der Waals surface area contributed by atoms with Crippen molar-refractivity contribution in [1.82, 2.24) is 4.98 Å². The number of pyridine rings is 1. The number of nitrogen functional groups attached to an aromatic ring is 1. The first-order valence-corrected chi connectivity index (χ1v) is 8.21. The average molecular weight is 312 g/mol. The summed E-state index contributed by atoms with van der Waals surface area (Å²) >= 11 is 0. The predicted molar refractivity (Wildman–Crippen MR) is 93.0 cm³/mol. The van der Waals surface area contributed by atoms with Crippen LogP contribution < -0.4 is 15.2 Å². The number of hydrogen-bond acceptors (Lipinski definition) is 4. The molecule has 0 unspecified atom stereocenters. The van der Waals surface area contributed by atoms with E-state index in [0.717, 1.165) is 28.3 Å². The lowest BCUT2D eigenvalue weighted by molar-refractivity contribution is 0.355. The molecule has 3 rings (SSSR count). The monoisotopic (exact) mass is 312 g/mol. The first-order valence-electron chi connectivity index (χ1n) is 8.21. The fourth-order valence-corrected chi connectivity index (χ4v) is 3.45. The van der Waals surface area contributed by atoms with Crippen molar-refractivity contribution in [3.8, 4) is 22.6 Å². The number of nitrogens with zero attached hydrogens (tertiary/aromatic N) is 1. The molecule has 23 heavy (non-hydrogen) atoms. The lowest BCUT2D eigenvalue weighted by atomic mass is 9.85. The molecule has 0 bridgehead atoms. The summed E-state index contributed by atoms with van der Waals surface area (Å²) < 4.78 is 10.7. The van der Waals surface area contributed by atoms with Crippen LogP contribution in [0, 0.1) is 0 Å². The molecule has 4 nitrogen and oxygen atoms in total. The van der Waals surface area contributed by atoms with Gasteiger partial charge in [0.15, 0.2) is 11.5 Å². The maximum atomic E-state index is 6.47. The Labute approximate surface area is 137 Å². The largest absolute Gasteiger partial charge is 0.493 e. The van der Waals surface area contributed by atoms with Gasteiger partial charge in [-0.2, -0.15) is 0 Å². The van der Waals surface area contributed by atoms with E-state index in [2.05, 4.69) is 4.98 Å². The summed E-state index contributed by atoms with van der Waals surface area (Å²) in [5.41, 5.74) is 10.4. The summed E-state index contributed by atoms with van der Waals surface area (Å²) in [6.45, 7) is 0. The third-order valence-corrected chi connectivity index (χ3v) is 4.71. The third kappa shape index (κ3) is 3.11. The SMILES string of the molecule is COc1ccc(-c2ccnc(C3CCCCC3)c2N)cc1OC. The van der Waals surface area contributed by atoms with Crippen LogP contribution in [0.5, 0.6) is 11.5 Å². The summed E-state index contributed by atoms with van der Waals surface area (Å²) in [6, 6.07) is 7.87. The van der Waals surface area contributed by atoms with E-state index in [1.165, 1.54) is 32.1 Å². The van der Waals surface area contributed by atoms with Gasteiger partial charge in [-0.25, -0.2) is 0 Å². The van der Waals surface area contributed by atoms with Crippen molar-refractivity contribution in [2.45, 2.75) is 38.0 Å². The van der Waals surface area contributed by atoms with E-state index in [-0.39, 0.29) is 0 Å². The molecular formula is C19H24N2O2. The molecule has 4 heteroatoms. The van der Waals surface area contributed by atoms with E-state index in [1.54, 1.807) is 14.2 Å². The Morgan fingerprint density at radius 3 is 2.43 bits per heavy atom. The van der Waals surface area contributed by atoms with Crippen LogP contribution in [0.2, 0.25) is 0 Å². The molecule has 0 saturated heterocycles. The minimum atomic E-state index is 0.490. The van der Waals surface area contributed by atoms with Crippen LogP contribution in [0.4, 0.5) is 5.69 Å².